The quantitative estimate of drug-likeness (QED) is 0.355. The van der Waals surface area contributed by atoms with E-state index in [2.05, 4.69) is 22.1 Å². The predicted molar refractivity (Wildman–Crippen MR) is 154 cm³/mol. The number of nitrogens with two attached hydrogens (primary N) is 1. The number of carbonyl (C=O) groups excluding carboxylic acids is 1. The van der Waals surface area contributed by atoms with Crippen molar-refractivity contribution < 1.29 is 19.0 Å². The number of aryl methyl sites for hydroxylation is 1. The SMILES string of the molecule is CCn1c(-c2nc3cc(C(=O)N4CCC[C@@H](N)C4)cc(OC)c3n2CC2CC(OC)C2)cc2ccc(OC)nc21. The molecule has 1 aromatic carbocycles. The van der Waals surface area contributed by atoms with Gasteiger partial charge in [0.05, 0.1) is 31.5 Å². The molecule has 4 heterocycles. The van der Waals surface area contributed by atoms with E-state index in [0.717, 1.165) is 65.8 Å². The maximum Gasteiger partial charge on any atom is 0.254 e. The number of hydrogen-bond donors (Lipinski definition) is 1. The molecule has 1 atom stereocenters. The number of benzene rings is 1. The fourth-order valence-electron chi connectivity index (χ4n) is 6.26. The molecule has 0 unspecified atom stereocenters. The first-order chi connectivity index (χ1) is 19.4. The summed E-state index contributed by atoms with van der Waals surface area (Å²) in [6.07, 6.45) is 4.15. The molecule has 10 heteroatoms. The highest BCUT2D eigenvalue weighted by Crippen LogP contribution is 2.39. The van der Waals surface area contributed by atoms with E-state index in [1.165, 1.54) is 0 Å². The number of methoxy groups -OCH3 is 3. The van der Waals surface area contributed by atoms with E-state index < -0.39 is 0 Å². The van der Waals surface area contributed by atoms with Gasteiger partial charge in [-0.05, 0) is 62.8 Å². The van der Waals surface area contributed by atoms with E-state index in [4.69, 9.17) is 29.9 Å². The molecule has 2 N–H and O–H groups in total. The fourth-order valence-corrected chi connectivity index (χ4v) is 6.26. The van der Waals surface area contributed by atoms with Crippen LogP contribution in [0.5, 0.6) is 11.6 Å². The van der Waals surface area contributed by atoms with Crippen LogP contribution in [0, 0.1) is 5.92 Å². The van der Waals surface area contributed by atoms with Crippen LogP contribution in [0.2, 0.25) is 0 Å². The molecular formula is C30H38N6O4. The minimum atomic E-state index is -0.0349. The van der Waals surface area contributed by atoms with Gasteiger partial charge in [0, 0.05) is 56.3 Å². The van der Waals surface area contributed by atoms with Gasteiger partial charge < -0.3 is 34.0 Å². The third kappa shape index (κ3) is 4.58. The van der Waals surface area contributed by atoms with Gasteiger partial charge in [-0.3, -0.25) is 4.79 Å². The minimum absolute atomic E-state index is 0.00994. The number of hydrogen-bond acceptors (Lipinski definition) is 7. The molecule has 1 aliphatic heterocycles. The molecule has 2 aliphatic rings. The van der Waals surface area contributed by atoms with Crippen molar-refractivity contribution in [2.75, 3.05) is 34.4 Å². The average molecular weight is 547 g/mol. The van der Waals surface area contributed by atoms with Gasteiger partial charge >= 0.3 is 0 Å². The number of imidazole rings is 1. The number of piperidine rings is 1. The molecule has 0 radical (unpaired) electrons. The maximum absolute atomic E-state index is 13.5. The molecule has 6 rings (SSSR count). The Morgan fingerprint density at radius 1 is 1.07 bits per heavy atom. The van der Waals surface area contributed by atoms with E-state index in [1.54, 1.807) is 21.3 Å². The number of rotatable bonds is 8. The summed E-state index contributed by atoms with van der Waals surface area (Å²) >= 11 is 0. The number of nitrogens with zero attached hydrogens (tertiary/aromatic N) is 5. The van der Waals surface area contributed by atoms with Gasteiger partial charge in [-0.2, -0.15) is 4.98 Å². The second-order valence-electron chi connectivity index (χ2n) is 11.0. The van der Waals surface area contributed by atoms with E-state index in [9.17, 15) is 4.79 Å². The Labute approximate surface area is 234 Å². The van der Waals surface area contributed by atoms with Crippen molar-refractivity contribution in [3.63, 3.8) is 0 Å². The molecule has 0 bridgehead atoms. The van der Waals surface area contributed by atoms with Gasteiger partial charge in [0.25, 0.3) is 5.91 Å². The summed E-state index contributed by atoms with van der Waals surface area (Å²) in [4.78, 5) is 25.3. The van der Waals surface area contributed by atoms with Crippen LogP contribution in [0.3, 0.4) is 0 Å². The second kappa shape index (κ2) is 10.7. The van der Waals surface area contributed by atoms with Gasteiger partial charge in [0.2, 0.25) is 5.88 Å². The Bertz CT molecular complexity index is 1550. The highest BCUT2D eigenvalue weighted by atomic mass is 16.5. The van der Waals surface area contributed by atoms with Crippen molar-refractivity contribution in [3.05, 3.63) is 35.9 Å². The van der Waals surface area contributed by atoms with Crippen LogP contribution >= 0.6 is 0 Å². The van der Waals surface area contributed by atoms with Crippen LogP contribution < -0.4 is 15.2 Å². The van der Waals surface area contributed by atoms with Gasteiger partial charge in [-0.25, -0.2) is 4.98 Å². The minimum Gasteiger partial charge on any atom is -0.494 e. The highest BCUT2D eigenvalue weighted by molar-refractivity contribution is 6.00. The van der Waals surface area contributed by atoms with Gasteiger partial charge in [-0.1, -0.05) is 0 Å². The lowest BCUT2D eigenvalue weighted by atomic mass is 9.82. The Morgan fingerprint density at radius 2 is 1.90 bits per heavy atom. The van der Waals surface area contributed by atoms with Crippen molar-refractivity contribution in [2.24, 2.45) is 11.7 Å². The van der Waals surface area contributed by atoms with E-state index in [0.29, 0.717) is 48.8 Å². The summed E-state index contributed by atoms with van der Waals surface area (Å²) < 4.78 is 21.3. The number of likely N-dealkylation sites (tertiary alicyclic amines) is 1. The molecule has 10 nitrogen and oxygen atoms in total. The lowest BCUT2D eigenvalue weighted by molar-refractivity contribution is -0.00392. The zero-order valence-corrected chi connectivity index (χ0v) is 23.7. The number of amides is 1. The van der Waals surface area contributed by atoms with Crippen LogP contribution in [0.4, 0.5) is 0 Å². The molecule has 3 aromatic heterocycles. The molecular weight excluding hydrogens is 508 g/mol. The molecule has 1 aliphatic carbocycles. The van der Waals surface area contributed by atoms with E-state index >= 15 is 0 Å². The first-order valence-corrected chi connectivity index (χ1v) is 14.1. The molecule has 4 aromatic rings. The summed E-state index contributed by atoms with van der Waals surface area (Å²) in [5, 5.41) is 1.02. The second-order valence-corrected chi connectivity index (χ2v) is 11.0. The summed E-state index contributed by atoms with van der Waals surface area (Å²) in [6, 6.07) is 9.80. The number of carbonyl (C=O) groups is 1. The largest absolute Gasteiger partial charge is 0.494 e. The average Bonchev–Trinajstić information content (AvgIpc) is 3.50. The maximum atomic E-state index is 13.5. The van der Waals surface area contributed by atoms with Crippen LogP contribution in [0.1, 0.15) is 43.0 Å². The Balaban J connectivity index is 1.50. The Hall–Kier alpha value is -3.63. The normalized spacial score (nSPS) is 21.1. The molecule has 1 saturated heterocycles. The third-order valence-corrected chi connectivity index (χ3v) is 8.46. The van der Waals surface area contributed by atoms with Crippen molar-refractivity contribution in [2.45, 2.75) is 57.8 Å². The van der Waals surface area contributed by atoms with E-state index in [1.807, 2.05) is 29.2 Å². The van der Waals surface area contributed by atoms with Crippen LogP contribution in [-0.4, -0.2) is 76.5 Å². The number of ether oxygens (including phenoxy) is 3. The zero-order chi connectivity index (χ0) is 28.0. The lowest BCUT2D eigenvalue weighted by Crippen LogP contribution is -2.45. The Morgan fingerprint density at radius 3 is 2.60 bits per heavy atom. The van der Waals surface area contributed by atoms with Crippen molar-refractivity contribution in [1.29, 1.82) is 0 Å². The molecule has 1 amide bonds. The first kappa shape index (κ1) is 26.6. The van der Waals surface area contributed by atoms with Gasteiger partial charge in [-0.15, -0.1) is 0 Å². The molecule has 40 heavy (non-hydrogen) atoms. The zero-order valence-electron chi connectivity index (χ0n) is 23.7. The monoisotopic (exact) mass is 546 g/mol. The van der Waals surface area contributed by atoms with Crippen molar-refractivity contribution in [1.82, 2.24) is 24.0 Å². The predicted octanol–water partition coefficient (Wildman–Crippen LogP) is 4.08. The molecule has 0 spiro atoms. The van der Waals surface area contributed by atoms with Crippen molar-refractivity contribution in [3.8, 4) is 23.1 Å². The van der Waals surface area contributed by atoms with Gasteiger partial charge in [0.15, 0.2) is 5.82 Å². The number of fused-ring (bicyclic) bond motifs is 2. The number of pyridine rings is 1. The Kier molecular flexibility index (Phi) is 7.14. The summed E-state index contributed by atoms with van der Waals surface area (Å²) in [6.45, 7) is 4.87. The van der Waals surface area contributed by atoms with Crippen LogP contribution in [0.25, 0.3) is 33.6 Å². The summed E-state index contributed by atoms with van der Waals surface area (Å²) in [5.74, 6) is 2.47. The highest BCUT2D eigenvalue weighted by Gasteiger charge is 2.32. The molecule has 212 valence electrons. The van der Waals surface area contributed by atoms with Gasteiger partial charge in [0.1, 0.15) is 16.9 Å². The molecule has 2 fully saturated rings. The third-order valence-electron chi connectivity index (χ3n) is 8.46. The van der Waals surface area contributed by atoms with Crippen LogP contribution in [-0.2, 0) is 17.8 Å². The lowest BCUT2D eigenvalue weighted by Gasteiger charge is -2.34. The fraction of sp³-hybridized carbons (Fsp3) is 0.500. The van der Waals surface area contributed by atoms with Crippen LogP contribution in [0.15, 0.2) is 30.3 Å². The number of aromatic nitrogens is 4. The standard InChI is InChI=1S/C30H38N6O4/c1-5-35-24(14-19-8-9-26(40-4)33-28(19)35)29-32-23-13-20(30(37)34-10-6-7-21(31)17-34)15-25(39-3)27(23)36(29)16-18-11-22(12-18)38-2/h8-9,13-15,18,21-22H,5-7,10-12,16-17,31H2,1-4H3/t18?,21-,22?/m1/s1. The topological polar surface area (TPSA) is 110 Å². The molecule has 1 saturated carbocycles. The first-order valence-electron chi connectivity index (χ1n) is 14.1. The van der Waals surface area contributed by atoms with Crippen molar-refractivity contribution >= 4 is 28.0 Å². The van der Waals surface area contributed by atoms with E-state index in [-0.39, 0.29) is 11.9 Å². The summed E-state index contributed by atoms with van der Waals surface area (Å²) in [5.41, 5.74) is 10.2. The summed E-state index contributed by atoms with van der Waals surface area (Å²) in [7, 11) is 5.05. The smallest absolute Gasteiger partial charge is 0.254 e.